The number of aliphatic hydroxyl groups is 1. The van der Waals surface area contributed by atoms with E-state index in [4.69, 9.17) is 5.11 Å². The third kappa shape index (κ3) is 4.29. The quantitative estimate of drug-likeness (QED) is 0.528. The van der Waals surface area contributed by atoms with Crippen LogP contribution in [-0.4, -0.2) is 44.7 Å². The Bertz CT molecular complexity index is 555. The molecule has 0 bridgehead atoms. The van der Waals surface area contributed by atoms with Crippen molar-refractivity contribution in [1.82, 2.24) is 19.9 Å². The number of rotatable bonds is 9. The Labute approximate surface area is 124 Å². The molecule has 21 heavy (non-hydrogen) atoms. The van der Waals surface area contributed by atoms with Gasteiger partial charge in [-0.1, -0.05) is 13.8 Å². The molecule has 2 aromatic rings. The number of nitrogens with zero attached hydrogens (tertiary/aromatic N) is 3. The van der Waals surface area contributed by atoms with Crippen molar-refractivity contribution in [3.05, 3.63) is 6.33 Å². The van der Waals surface area contributed by atoms with Gasteiger partial charge in [-0.15, -0.1) is 0 Å². The van der Waals surface area contributed by atoms with Crippen LogP contribution in [0.3, 0.4) is 0 Å². The Morgan fingerprint density at radius 2 is 2.14 bits per heavy atom. The van der Waals surface area contributed by atoms with E-state index in [2.05, 4.69) is 37.5 Å². The molecule has 0 radical (unpaired) electrons. The van der Waals surface area contributed by atoms with Gasteiger partial charge < -0.3 is 20.7 Å². The number of hydrogen-bond donors (Lipinski definition) is 4. The summed E-state index contributed by atoms with van der Waals surface area (Å²) in [6, 6.07) is 0. The van der Waals surface area contributed by atoms with Gasteiger partial charge in [-0.2, -0.15) is 9.97 Å². The fourth-order valence-corrected chi connectivity index (χ4v) is 2.03. The standard InChI is InChI=1S/C14H24N6O/c1-3-6-16-14-19-12(11-13(20-14)18-9-17-11)15-7-4-5-10(2)8-21/h9-10,21H,3-8H2,1-2H3,(H3,15,16,17,18,19,20). The lowest BCUT2D eigenvalue weighted by molar-refractivity contribution is 0.229. The maximum absolute atomic E-state index is 9.02. The van der Waals surface area contributed by atoms with E-state index in [0.717, 1.165) is 43.7 Å². The average molecular weight is 292 g/mol. The zero-order valence-corrected chi connectivity index (χ0v) is 12.7. The fraction of sp³-hybridized carbons (Fsp3) is 0.643. The molecule has 0 aromatic carbocycles. The SMILES string of the molecule is CCCNc1nc(NCCCC(C)CO)c2[nH]cnc2n1. The van der Waals surface area contributed by atoms with E-state index >= 15 is 0 Å². The monoisotopic (exact) mass is 292 g/mol. The lowest BCUT2D eigenvalue weighted by atomic mass is 10.1. The molecule has 1 unspecified atom stereocenters. The van der Waals surface area contributed by atoms with Crippen molar-refractivity contribution in [3.8, 4) is 0 Å². The Morgan fingerprint density at radius 1 is 1.29 bits per heavy atom. The molecule has 1 atom stereocenters. The van der Waals surface area contributed by atoms with E-state index in [9.17, 15) is 0 Å². The number of aromatic amines is 1. The third-order valence-electron chi connectivity index (χ3n) is 3.30. The first kappa shape index (κ1) is 15.5. The molecule has 0 saturated heterocycles. The minimum absolute atomic E-state index is 0.239. The van der Waals surface area contributed by atoms with Gasteiger partial charge in [-0.25, -0.2) is 4.98 Å². The number of H-pyrrole nitrogens is 1. The molecular weight excluding hydrogens is 268 g/mol. The highest BCUT2D eigenvalue weighted by Gasteiger charge is 2.09. The first-order valence-corrected chi connectivity index (χ1v) is 7.54. The van der Waals surface area contributed by atoms with Gasteiger partial charge >= 0.3 is 0 Å². The normalized spacial score (nSPS) is 12.5. The van der Waals surface area contributed by atoms with Crippen molar-refractivity contribution in [1.29, 1.82) is 0 Å². The summed E-state index contributed by atoms with van der Waals surface area (Å²) in [7, 11) is 0. The average Bonchev–Trinajstić information content (AvgIpc) is 2.97. The topological polar surface area (TPSA) is 98.8 Å². The summed E-state index contributed by atoms with van der Waals surface area (Å²) in [5.74, 6) is 1.71. The molecule has 2 aromatic heterocycles. The second-order valence-corrected chi connectivity index (χ2v) is 5.28. The Morgan fingerprint density at radius 3 is 2.90 bits per heavy atom. The molecule has 7 nitrogen and oxygen atoms in total. The molecular formula is C14H24N6O. The Hall–Kier alpha value is -1.89. The molecule has 0 aliphatic carbocycles. The minimum atomic E-state index is 0.239. The second kappa shape index (κ2) is 7.78. The predicted molar refractivity (Wildman–Crippen MR) is 84.4 cm³/mol. The summed E-state index contributed by atoms with van der Waals surface area (Å²) in [6.45, 7) is 6.03. The molecule has 116 valence electrons. The summed E-state index contributed by atoms with van der Waals surface area (Å²) in [6.07, 6.45) is 4.62. The van der Waals surface area contributed by atoms with Gasteiger partial charge in [0.1, 0.15) is 5.52 Å². The van der Waals surface area contributed by atoms with Crippen LogP contribution in [0.1, 0.15) is 33.1 Å². The lowest BCUT2D eigenvalue weighted by Crippen LogP contribution is -2.10. The van der Waals surface area contributed by atoms with E-state index in [1.54, 1.807) is 6.33 Å². The molecule has 0 aliphatic rings. The van der Waals surface area contributed by atoms with Crippen LogP contribution >= 0.6 is 0 Å². The molecule has 4 N–H and O–H groups in total. The molecule has 0 amide bonds. The first-order valence-electron chi connectivity index (χ1n) is 7.54. The van der Waals surface area contributed by atoms with Crippen molar-refractivity contribution in [2.24, 2.45) is 5.92 Å². The third-order valence-corrected chi connectivity index (χ3v) is 3.30. The fourth-order valence-electron chi connectivity index (χ4n) is 2.03. The van der Waals surface area contributed by atoms with Gasteiger partial charge in [-0.05, 0) is 25.2 Å². The van der Waals surface area contributed by atoms with Crippen LogP contribution in [0.25, 0.3) is 11.2 Å². The highest BCUT2D eigenvalue weighted by molar-refractivity contribution is 5.83. The molecule has 0 fully saturated rings. The van der Waals surface area contributed by atoms with E-state index in [-0.39, 0.29) is 6.61 Å². The van der Waals surface area contributed by atoms with E-state index in [1.807, 2.05) is 6.92 Å². The Balaban J connectivity index is 2.01. The van der Waals surface area contributed by atoms with Gasteiger partial charge in [0, 0.05) is 19.7 Å². The number of nitrogens with one attached hydrogen (secondary N) is 3. The number of aliphatic hydroxyl groups excluding tert-OH is 1. The zero-order chi connectivity index (χ0) is 15.1. The van der Waals surface area contributed by atoms with Crippen LogP contribution in [0.2, 0.25) is 0 Å². The van der Waals surface area contributed by atoms with Crippen LogP contribution in [0.5, 0.6) is 0 Å². The molecule has 2 heterocycles. The van der Waals surface area contributed by atoms with Gasteiger partial charge in [0.05, 0.1) is 6.33 Å². The second-order valence-electron chi connectivity index (χ2n) is 5.28. The smallest absolute Gasteiger partial charge is 0.226 e. The van der Waals surface area contributed by atoms with Crippen molar-refractivity contribution in [3.63, 3.8) is 0 Å². The molecule has 0 spiro atoms. The van der Waals surface area contributed by atoms with Gasteiger partial charge in [0.25, 0.3) is 0 Å². The number of hydrogen-bond acceptors (Lipinski definition) is 6. The van der Waals surface area contributed by atoms with Crippen LogP contribution in [0.4, 0.5) is 11.8 Å². The number of anilines is 2. The highest BCUT2D eigenvalue weighted by atomic mass is 16.3. The van der Waals surface area contributed by atoms with Crippen molar-refractivity contribution in [2.45, 2.75) is 33.1 Å². The predicted octanol–water partition coefficient (Wildman–Crippen LogP) is 2.00. The van der Waals surface area contributed by atoms with Crippen LogP contribution in [0, 0.1) is 5.92 Å². The summed E-state index contributed by atoms with van der Waals surface area (Å²) in [5, 5.41) is 15.5. The molecule has 0 aliphatic heterocycles. The summed E-state index contributed by atoms with van der Waals surface area (Å²) >= 11 is 0. The largest absolute Gasteiger partial charge is 0.396 e. The van der Waals surface area contributed by atoms with Gasteiger partial charge in [0.2, 0.25) is 5.95 Å². The van der Waals surface area contributed by atoms with E-state index in [1.165, 1.54) is 0 Å². The lowest BCUT2D eigenvalue weighted by Gasteiger charge is -2.10. The van der Waals surface area contributed by atoms with Crippen molar-refractivity contribution in [2.75, 3.05) is 30.3 Å². The van der Waals surface area contributed by atoms with E-state index in [0.29, 0.717) is 17.5 Å². The van der Waals surface area contributed by atoms with Crippen LogP contribution in [0.15, 0.2) is 6.33 Å². The van der Waals surface area contributed by atoms with Crippen LogP contribution in [-0.2, 0) is 0 Å². The number of fused-ring (bicyclic) bond motifs is 1. The molecule has 2 rings (SSSR count). The maximum Gasteiger partial charge on any atom is 0.226 e. The summed E-state index contributed by atoms with van der Waals surface area (Å²) < 4.78 is 0. The number of aromatic nitrogens is 4. The highest BCUT2D eigenvalue weighted by Crippen LogP contribution is 2.18. The van der Waals surface area contributed by atoms with Crippen LogP contribution < -0.4 is 10.6 Å². The van der Waals surface area contributed by atoms with Gasteiger partial charge in [0.15, 0.2) is 11.5 Å². The van der Waals surface area contributed by atoms with E-state index < -0.39 is 0 Å². The number of imidazole rings is 1. The van der Waals surface area contributed by atoms with Crippen molar-refractivity contribution >= 4 is 22.9 Å². The Kier molecular flexibility index (Phi) is 5.74. The summed E-state index contributed by atoms with van der Waals surface area (Å²) in [4.78, 5) is 16.1. The van der Waals surface area contributed by atoms with Crippen molar-refractivity contribution < 1.29 is 5.11 Å². The maximum atomic E-state index is 9.02. The molecule has 7 heteroatoms. The minimum Gasteiger partial charge on any atom is -0.396 e. The van der Waals surface area contributed by atoms with Gasteiger partial charge in [-0.3, -0.25) is 0 Å². The molecule has 0 saturated carbocycles. The first-order chi connectivity index (χ1) is 10.2. The zero-order valence-electron chi connectivity index (χ0n) is 12.7. The summed E-state index contributed by atoms with van der Waals surface area (Å²) in [5.41, 5.74) is 1.49.